The second kappa shape index (κ2) is 6.82. The highest BCUT2D eigenvalue weighted by atomic mass is 32.2. The van der Waals surface area contributed by atoms with Gasteiger partial charge in [0, 0.05) is 37.8 Å². The van der Waals surface area contributed by atoms with Crippen LogP contribution < -0.4 is 10.6 Å². The fourth-order valence-corrected chi connectivity index (χ4v) is 5.03. The zero-order valence-electron chi connectivity index (χ0n) is 14.0. The second-order valence-corrected chi connectivity index (χ2v) is 8.71. The minimum atomic E-state index is -3.51. The van der Waals surface area contributed by atoms with E-state index < -0.39 is 10.0 Å². The molecule has 2 aliphatic heterocycles. The molecule has 0 bridgehead atoms. The summed E-state index contributed by atoms with van der Waals surface area (Å²) in [5, 5.41) is 0. The normalized spacial score (nSPS) is 24.3. The zero-order chi connectivity index (χ0) is 17.3. The molecule has 0 spiro atoms. The van der Waals surface area contributed by atoms with Gasteiger partial charge in [-0.15, -0.1) is 0 Å². The van der Waals surface area contributed by atoms with Crippen LogP contribution in [0.4, 0.5) is 5.69 Å². The van der Waals surface area contributed by atoms with E-state index in [1.807, 2.05) is 6.92 Å². The van der Waals surface area contributed by atoms with Crippen molar-refractivity contribution in [2.24, 2.45) is 11.7 Å². The van der Waals surface area contributed by atoms with Crippen LogP contribution in [0.3, 0.4) is 0 Å². The van der Waals surface area contributed by atoms with Crippen LogP contribution in [0, 0.1) is 5.92 Å². The monoisotopic (exact) mass is 351 g/mol. The van der Waals surface area contributed by atoms with Crippen molar-refractivity contribution in [1.29, 1.82) is 0 Å². The number of hydrogen-bond acceptors (Lipinski definition) is 4. The van der Waals surface area contributed by atoms with E-state index in [1.165, 1.54) is 0 Å². The zero-order valence-corrected chi connectivity index (χ0v) is 14.8. The molecule has 0 aromatic heterocycles. The molecule has 0 saturated carbocycles. The van der Waals surface area contributed by atoms with E-state index in [1.54, 1.807) is 33.5 Å². The highest BCUT2D eigenvalue weighted by Crippen LogP contribution is 2.27. The van der Waals surface area contributed by atoms with E-state index >= 15 is 0 Å². The van der Waals surface area contributed by atoms with Gasteiger partial charge in [-0.05, 0) is 56.4 Å². The molecule has 2 heterocycles. The van der Waals surface area contributed by atoms with Crippen LogP contribution in [-0.2, 0) is 14.8 Å². The van der Waals surface area contributed by atoms with Gasteiger partial charge in [-0.1, -0.05) is 0 Å². The van der Waals surface area contributed by atoms with Crippen LogP contribution in [0.5, 0.6) is 0 Å². The third-order valence-corrected chi connectivity index (χ3v) is 6.90. The molecule has 0 aliphatic carbocycles. The quantitative estimate of drug-likeness (QED) is 0.892. The Kier molecular flexibility index (Phi) is 4.94. The van der Waals surface area contributed by atoms with Gasteiger partial charge in [-0.3, -0.25) is 4.79 Å². The van der Waals surface area contributed by atoms with Crippen molar-refractivity contribution in [3.63, 3.8) is 0 Å². The summed E-state index contributed by atoms with van der Waals surface area (Å²) in [5.74, 6) is 0.302. The Hall–Kier alpha value is -1.44. The highest BCUT2D eigenvalue weighted by molar-refractivity contribution is 7.89. The van der Waals surface area contributed by atoms with Crippen LogP contribution >= 0.6 is 0 Å². The first-order valence-corrected chi connectivity index (χ1v) is 10.00. The molecular formula is C17H25N3O3S. The van der Waals surface area contributed by atoms with E-state index in [0.29, 0.717) is 26.1 Å². The number of anilines is 1. The number of sulfonamides is 1. The number of benzene rings is 1. The molecule has 132 valence electrons. The Balaban J connectivity index is 1.78. The van der Waals surface area contributed by atoms with Gasteiger partial charge in [0.05, 0.1) is 4.90 Å². The van der Waals surface area contributed by atoms with Gasteiger partial charge < -0.3 is 10.6 Å². The smallest absolute Gasteiger partial charge is 0.243 e. The SMILES string of the molecule is C[C@@H](N)[C@@H]1CCCN(S(=O)(=O)c2ccc(N3CCCC3=O)cc2)C1. The summed E-state index contributed by atoms with van der Waals surface area (Å²) in [6.45, 7) is 3.65. The Morgan fingerprint density at radius 3 is 2.46 bits per heavy atom. The number of amides is 1. The van der Waals surface area contributed by atoms with Crippen LogP contribution in [0.15, 0.2) is 29.2 Å². The van der Waals surface area contributed by atoms with Crippen LogP contribution in [0.25, 0.3) is 0 Å². The molecule has 3 rings (SSSR count). The minimum Gasteiger partial charge on any atom is -0.328 e. The average Bonchev–Trinajstić information content (AvgIpc) is 3.01. The van der Waals surface area contributed by atoms with E-state index in [4.69, 9.17) is 5.73 Å². The van der Waals surface area contributed by atoms with Crippen molar-refractivity contribution >= 4 is 21.6 Å². The molecular weight excluding hydrogens is 326 g/mol. The summed E-state index contributed by atoms with van der Waals surface area (Å²) >= 11 is 0. The summed E-state index contributed by atoms with van der Waals surface area (Å²) < 4.78 is 27.3. The number of rotatable bonds is 4. The third-order valence-electron chi connectivity index (χ3n) is 5.02. The number of nitrogens with zero attached hydrogens (tertiary/aromatic N) is 2. The fraction of sp³-hybridized carbons (Fsp3) is 0.588. The Bertz CT molecular complexity index is 700. The van der Waals surface area contributed by atoms with Crippen molar-refractivity contribution in [1.82, 2.24) is 4.31 Å². The lowest BCUT2D eigenvalue weighted by Crippen LogP contribution is -2.44. The lowest BCUT2D eigenvalue weighted by molar-refractivity contribution is -0.117. The average molecular weight is 351 g/mol. The van der Waals surface area contributed by atoms with Crippen molar-refractivity contribution < 1.29 is 13.2 Å². The molecule has 1 aromatic rings. The van der Waals surface area contributed by atoms with Crippen molar-refractivity contribution in [3.8, 4) is 0 Å². The summed E-state index contributed by atoms with van der Waals surface area (Å²) in [7, 11) is -3.51. The van der Waals surface area contributed by atoms with Crippen LogP contribution in [-0.4, -0.2) is 44.3 Å². The molecule has 2 N–H and O–H groups in total. The lowest BCUT2D eigenvalue weighted by Gasteiger charge is -2.33. The molecule has 6 nitrogen and oxygen atoms in total. The fourth-order valence-electron chi connectivity index (χ4n) is 3.49. The summed E-state index contributed by atoms with van der Waals surface area (Å²) in [5.41, 5.74) is 6.72. The molecule has 2 fully saturated rings. The molecule has 24 heavy (non-hydrogen) atoms. The van der Waals surface area contributed by atoms with Gasteiger partial charge in [0.1, 0.15) is 0 Å². The number of carbonyl (C=O) groups excluding carboxylic acids is 1. The second-order valence-electron chi connectivity index (χ2n) is 6.77. The van der Waals surface area contributed by atoms with E-state index in [9.17, 15) is 13.2 Å². The first-order valence-electron chi connectivity index (χ1n) is 8.56. The van der Waals surface area contributed by atoms with Crippen molar-refractivity contribution in [2.45, 2.75) is 43.5 Å². The number of nitrogens with two attached hydrogens (primary N) is 1. The number of piperidine rings is 1. The number of hydrogen-bond donors (Lipinski definition) is 1. The van der Waals surface area contributed by atoms with E-state index in [0.717, 1.165) is 24.9 Å². The van der Waals surface area contributed by atoms with E-state index in [2.05, 4.69) is 0 Å². The molecule has 1 amide bonds. The van der Waals surface area contributed by atoms with Gasteiger partial charge in [0.2, 0.25) is 15.9 Å². The summed E-state index contributed by atoms with van der Waals surface area (Å²) in [4.78, 5) is 13.8. The maximum atomic E-state index is 12.9. The van der Waals surface area contributed by atoms with Gasteiger partial charge in [0.15, 0.2) is 0 Å². The standard InChI is InChI=1S/C17H25N3O3S/c1-13(18)14-4-2-10-19(12-14)24(22,23)16-8-6-15(7-9-16)20-11-3-5-17(20)21/h6-9,13-14H,2-5,10-12,18H2,1H3/t13-,14-/m1/s1. The van der Waals surface area contributed by atoms with Gasteiger partial charge in [0.25, 0.3) is 0 Å². The first-order chi connectivity index (χ1) is 11.4. The highest BCUT2D eigenvalue weighted by Gasteiger charge is 2.31. The van der Waals surface area contributed by atoms with Gasteiger partial charge >= 0.3 is 0 Å². The van der Waals surface area contributed by atoms with Gasteiger partial charge in [-0.25, -0.2) is 8.42 Å². The third kappa shape index (κ3) is 3.34. The van der Waals surface area contributed by atoms with E-state index in [-0.39, 0.29) is 22.8 Å². The van der Waals surface area contributed by atoms with Crippen molar-refractivity contribution in [2.75, 3.05) is 24.5 Å². The topological polar surface area (TPSA) is 83.7 Å². The minimum absolute atomic E-state index is 0.00782. The Morgan fingerprint density at radius 1 is 1.17 bits per heavy atom. The molecule has 1 aromatic carbocycles. The van der Waals surface area contributed by atoms with Crippen molar-refractivity contribution in [3.05, 3.63) is 24.3 Å². The largest absolute Gasteiger partial charge is 0.328 e. The predicted molar refractivity (Wildman–Crippen MR) is 93.2 cm³/mol. The summed E-state index contributed by atoms with van der Waals surface area (Å²) in [6.07, 6.45) is 3.23. The maximum absolute atomic E-state index is 12.9. The first kappa shape index (κ1) is 17.4. The maximum Gasteiger partial charge on any atom is 0.243 e. The van der Waals surface area contributed by atoms with Crippen LogP contribution in [0.1, 0.15) is 32.6 Å². The molecule has 0 unspecified atom stereocenters. The lowest BCUT2D eigenvalue weighted by atomic mass is 9.93. The van der Waals surface area contributed by atoms with Crippen LogP contribution in [0.2, 0.25) is 0 Å². The molecule has 7 heteroatoms. The number of carbonyl (C=O) groups is 1. The molecule has 0 radical (unpaired) electrons. The molecule has 2 aliphatic rings. The summed E-state index contributed by atoms with van der Waals surface area (Å²) in [6, 6.07) is 6.65. The Morgan fingerprint density at radius 2 is 1.88 bits per heavy atom. The molecule has 2 saturated heterocycles. The Labute approximate surface area is 143 Å². The van der Waals surface area contributed by atoms with Gasteiger partial charge in [-0.2, -0.15) is 4.31 Å². The predicted octanol–water partition coefficient (Wildman–Crippen LogP) is 1.56. The molecule has 2 atom stereocenters.